The number of carbonyl (C=O) groups excluding carboxylic acids is 1. The summed E-state index contributed by atoms with van der Waals surface area (Å²) in [6.07, 6.45) is 11.1. The van der Waals surface area contributed by atoms with Crippen LogP contribution in [0.2, 0.25) is 0 Å². The van der Waals surface area contributed by atoms with Crippen LogP contribution in [-0.2, 0) is 4.79 Å². The summed E-state index contributed by atoms with van der Waals surface area (Å²) in [5.41, 5.74) is 2.21. The van der Waals surface area contributed by atoms with Crippen molar-refractivity contribution in [1.29, 1.82) is 0 Å². The van der Waals surface area contributed by atoms with E-state index in [0.717, 1.165) is 29.3 Å². The molecular weight excluding hydrogens is 302 g/mol. The monoisotopic (exact) mass is 321 g/mol. The van der Waals surface area contributed by atoms with Crippen molar-refractivity contribution in [1.82, 2.24) is 20.6 Å². The van der Waals surface area contributed by atoms with Gasteiger partial charge in [0.2, 0.25) is 5.96 Å². The molecule has 0 atom stereocenters. The Kier molecular flexibility index (Phi) is 3.94. The van der Waals surface area contributed by atoms with E-state index in [9.17, 15) is 4.79 Å². The molecule has 0 unspecified atom stereocenters. The Morgan fingerprint density at radius 1 is 1.21 bits per heavy atom. The fourth-order valence-electron chi connectivity index (χ4n) is 3.23. The SMILES string of the molecule is O=C1NC(NC2CCCCC2)=N/C1=C\c1ccc2ncncc2c1. The van der Waals surface area contributed by atoms with Crippen LogP contribution in [0.5, 0.6) is 0 Å². The molecule has 0 radical (unpaired) electrons. The Morgan fingerprint density at radius 3 is 2.96 bits per heavy atom. The van der Waals surface area contributed by atoms with Crippen LogP contribution < -0.4 is 10.6 Å². The van der Waals surface area contributed by atoms with Crippen LogP contribution in [0.4, 0.5) is 0 Å². The zero-order valence-corrected chi connectivity index (χ0v) is 13.3. The molecule has 0 saturated heterocycles. The number of fused-ring (bicyclic) bond motifs is 1. The topological polar surface area (TPSA) is 79.3 Å². The summed E-state index contributed by atoms with van der Waals surface area (Å²) in [4.78, 5) is 24.8. The van der Waals surface area contributed by atoms with Gasteiger partial charge in [-0.1, -0.05) is 25.3 Å². The third kappa shape index (κ3) is 3.13. The highest BCUT2D eigenvalue weighted by molar-refractivity contribution is 6.13. The van der Waals surface area contributed by atoms with E-state index < -0.39 is 0 Å². The Morgan fingerprint density at radius 2 is 2.08 bits per heavy atom. The van der Waals surface area contributed by atoms with Crippen molar-refractivity contribution in [2.45, 2.75) is 38.1 Å². The number of hydrogen-bond donors (Lipinski definition) is 2. The molecule has 2 aromatic rings. The fraction of sp³-hybridized carbons (Fsp3) is 0.333. The average Bonchev–Trinajstić information content (AvgIpc) is 2.95. The van der Waals surface area contributed by atoms with Crippen molar-refractivity contribution < 1.29 is 4.79 Å². The van der Waals surface area contributed by atoms with Crippen LogP contribution in [-0.4, -0.2) is 27.9 Å². The van der Waals surface area contributed by atoms with E-state index in [-0.39, 0.29) is 5.91 Å². The molecule has 24 heavy (non-hydrogen) atoms. The Hall–Kier alpha value is -2.76. The lowest BCUT2D eigenvalue weighted by atomic mass is 9.96. The molecule has 0 spiro atoms. The lowest BCUT2D eigenvalue weighted by molar-refractivity contribution is -0.115. The minimum Gasteiger partial charge on any atom is -0.353 e. The molecule has 2 heterocycles. The quantitative estimate of drug-likeness (QED) is 0.832. The molecule has 2 aliphatic rings. The molecule has 6 heteroatoms. The van der Waals surface area contributed by atoms with E-state index in [2.05, 4.69) is 25.6 Å². The molecule has 1 aromatic carbocycles. The number of carbonyl (C=O) groups is 1. The summed E-state index contributed by atoms with van der Waals surface area (Å²) in [7, 11) is 0. The second kappa shape index (κ2) is 6.39. The van der Waals surface area contributed by atoms with Crippen molar-refractivity contribution in [3.8, 4) is 0 Å². The van der Waals surface area contributed by atoms with Crippen LogP contribution in [0, 0.1) is 0 Å². The van der Waals surface area contributed by atoms with Crippen LogP contribution in [0.15, 0.2) is 41.4 Å². The van der Waals surface area contributed by atoms with Gasteiger partial charge in [-0.25, -0.2) is 15.0 Å². The Bertz CT molecular complexity index is 836. The minimum atomic E-state index is -0.169. The molecule has 4 rings (SSSR count). The number of hydrogen-bond acceptors (Lipinski definition) is 5. The van der Waals surface area contributed by atoms with Gasteiger partial charge in [0.15, 0.2) is 0 Å². The van der Waals surface area contributed by atoms with Crippen molar-refractivity contribution in [3.05, 3.63) is 42.0 Å². The van der Waals surface area contributed by atoms with E-state index in [1.54, 1.807) is 12.3 Å². The smallest absolute Gasteiger partial charge is 0.276 e. The fourth-order valence-corrected chi connectivity index (χ4v) is 3.23. The van der Waals surface area contributed by atoms with Crippen molar-refractivity contribution >= 4 is 28.8 Å². The van der Waals surface area contributed by atoms with Gasteiger partial charge in [-0.3, -0.25) is 10.1 Å². The second-order valence-electron chi connectivity index (χ2n) is 6.26. The van der Waals surface area contributed by atoms with Gasteiger partial charge in [-0.05, 0) is 36.6 Å². The van der Waals surface area contributed by atoms with Gasteiger partial charge in [0.05, 0.1) is 5.52 Å². The summed E-state index contributed by atoms with van der Waals surface area (Å²) >= 11 is 0. The lowest BCUT2D eigenvalue weighted by Gasteiger charge is -2.23. The normalized spacial score (nSPS) is 20.2. The van der Waals surface area contributed by atoms with Gasteiger partial charge >= 0.3 is 0 Å². The lowest BCUT2D eigenvalue weighted by Crippen LogP contribution is -2.43. The number of guanidine groups is 1. The third-order valence-electron chi connectivity index (χ3n) is 4.47. The number of benzene rings is 1. The van der Waals surface area contributed by atoms with Crippen LogP contribution >= 0.6 is 0 Å². The van der Waals surface area contributed by atoms with Crippen LogP contribution in [0.3, 0.4) is 0 Å². The van der Waals surface area contributed by atoms with E-state index in [0.29, 0.717) is 17.7 Å². The van der Waals surface area contributed by atoms with Crippen molar-refractivity contribution in [2.24, 2.45) is 4.99 Å². The predicted molar refractivity (Wildman–Crippen MR) is 93.1 cm³/mol. The number of aliphatic imine (C=N–C) groups is 1. The minimum absolute atomic E-state index is 0.169. The van der Waals surface area contributed by atoms with Crippen LogP contribution in [0.1, 0.15) is 37.7 Å². The zero-order chi connectivity index (χ0) is 16.4. The maximum Gasteiger partial charge on any atom is 0.276 e. The maximum absolute atomic E-state index is 12.1. The Balaban J connectivity index is 1.55. The van der Waals surface area contributed by atoms with Gasteiger partial charge in [0.1, 0.15) is 12.0 Å². The number of amides is 1. The molecule has 0 bridgehead atoms. The first-order chi connectivity index (χ1) is 11.8. The molecule has 1 amide bonds. The zero-order valence-electron chi connectivity index (χ0n) is 13.3. The first kappa shape index (κ1) is 14.8. The largest absolute Gasteiger partial charge is 0.353 e. The summed E-state index contributed by atoms with van der Waals surface area (Å²) in [6.45, 7) is 0. The summed E-state index contributed by atoms with van der Waals surface area (Å²) < 4.78 is 0. The molecule has 122 valence electrons. The first-order valence-electron chi connectivity index (χ1n) is 8.36. The summed E-state index contributed by atoms with van der Waals surface area (Å²) in [5.74, 6) is 0.403. The van der Waals surface area contributed by atoms with E-state index in [1.165, 1.54) is 25.6 Å². The van der Waals surface area contributed by atoms with E-state index >= 15 is 0 Å². The van der Waals surface area contributed by atoms with E-state index in [1.807, 2.05) is 18.2 Å². The summed E-state index contributed by atoms with van der Waals surface area (Å²) in [6, 6.07) is 6.21. The molecule has 1 aromatic heterocycles. The second-order valence-corrected chi connectivity index (χ2v) is 6.26. The number of nitrogens with one attached hydrogen (secondary N) is 2. The maximum atomic E-state index is 12.1. The van der Waals surface area contributed by atoms with Gasteiger partial charge < -0.3 is 5.32 Å². The average molecular weight is 321 g/mol. The number of nitrogens with zero attached hydrogens (tertiary/aromatic N) is 3. The molecule has 1 aliphatic heterocycles. The first-order valence-corrected chi connectivity index (χ1v) is 8.36. The molecule has 1 aliphatic carbocycles. The standard InChI is InChI=1S/C18H19N5O/c24-17-16(22-18(23-17)21-14-4-2-1-3-5-14)9-12-6-7-15-13(8-12)10-19-11-20-15/h6-11,14H,1-5H2,(H2,21,22,23,24)/b16-9-. The molecule has 1 saturated carbocycles. The third-order valence-corrected chi connectivity index (χ3v) is 4.47. The molecular formula is C18H19N5O. The van der Waals surface area contributed by atoms with Crippen molar-refractivity contribution in [2.75, 3.05) is 0 Å². The number of aromatic nitrogens is 2. The van der Waals surface area contributed by atoms with Crippen LogP contribution in [0.25, 0.3) is 17.0 Å². The molecule has 6 nitrogen and oxygen atoms in total. The Labute approximate surface area is 140 Å². The highest BCUT2D eigenvalue weighted by atomic mass is 16.2. The van der Waals surface area contributed by atoms with Crippen molar-refractivity contribution in [3.63, 3.8) is 0 Å². The van der Waals surface area contributed by atoms with Gasteiger partial charge in [0, 0.05) is 17.6 Å². The summed E-state index contributed by atoms with van der Waals surface area (Å²) in [5, 5.41) is 7.11. The van der Waals surface area contributed by atoms with Gasteiger partial charge in [-0.15, -0.1) is 0 Å². The van der Waals surface area contributed by atoms with Gasteiger partial charge in [0.25, 0.3) is 5.91 Å². The highest BCUT2D eigenvalue weighted by Gasteiger charge is 2.23. The van der Waals surface area contributed by atoms with E-state index in [4.69, 9.17) is 0 Å². The number of rotatable bonds is 2. The molecule has 1 fully saturated rings. The van der Waals surface area contributed by atoms with Gasteiger partial charge in [-0.2, -0.15) is 0 Å². The predicted octanol–water partition coefficient (Wildman–Crippen LogP) is 2.38. The molecule has 2 N–H and O–H groups in total. The highest BCUT2D eigenvalue weighted by Crippen LogP contribution is 2.19.